The van der Waals surface area contributed by atoms with Crippen LogP contribution in [0.3, 0.4) is 0 Å². The first kappa shape index (κ1) is 15.2. The molecule has 21 heavy (non-hydrogen) atoms. The van der Waals surface area contributed by atoms with Crippen molar-refractivity contribution in [3.8, 4) is 0 Å². The number of aliphatic hydroxyl groups is 1. The molecule has 114 valence electrons. The Morgan fingerprint density at radius 2 is 1.90 bits per heavy atom. The molecule has 0 atom stereocenters. The van der Waals surface area contributed by atoms with Crippen LogP contribution in [0.1, 0.15) is 25.7 Å². The highest BCUT2D eigenvalue weighted by atomic mass is 16.6. The van der Waals surface area contributed by atoms with Gasteiger partial charge in [-0.05, 0) is 31.7 Å². The van der Waals surface area contributed by atoms with Gasteiger partial charge in [-0.15, -0.1) is 0 Å². The first-order chi connectivity index (χ1) is 10.0. The largest absolute Gasteiger partial charge is 0.396 e. The quantitative estimate of drug-likeness (QED) is 0.447. The van der Waals surface area contributed by atoms with Crippen molar-refractivity contribution < 1.29 is 15.0 Å². The van der Waals surface area contributed by atoms with Crippen LogP contribution in [0.2, 0.25) is 0 Å². The van der Waals surface area contributed by atoms with Gasteiger partial charge in [0.2, 0.25) is 0 Å². The van der Waals surface area contributed by atoms with Crippen molar-refractivity contribution in [3.05, 3.63) is 38.4 Å². The van der Waals surface area contributed by atoms with Crippen molar-refractivity contribution in [3.63, 3.8) is 0 Å². The van der Waals surface area contributed by atoms with Gasteiger partial charge in [0.15, 0.2) is 0 Å². The molecule has 2 rings (SSSR count). The van der Waals surface area contributed by atoms with Crippen molar-refractivity contribution in [1.29, 1.82) is 0 Å². The fourth-order valence-electron chi connectivity index (χ4n) is 2.29. The monoisotopic (exact) mass is 295 g/mol. The van der Waals surface area contributed by atoms with Gasteiger partial charge in [0.1, 0.15) is 5.69 Å². The van der Waals surface area contributed by atoms with Gasteiger partial charge in [0, 0.05) is 25.3 Å². The van der Waals surface area contributed by atoms with Gasteiger partial charge in [-0.1, -0.05) is 0 Å². The molecule has 1 N–H and O–H groups in total. The second kappa shape index (κ2) is 6.49. The average Bonchev–Trinajstić information content (AvgIpc) is 3.27. The van der Waals surface area contributed by atoms with Crippen LogP contribution >= 0.6 is 0 Å². The molecule has 1 saturated carbocycles. The van der Waals surface area contributed by atoms with E-state index in [0.29, 0.717) is 18.7 Å². The fraction of sp³-hybridized carbons (Fsp3) is 0.538. The molecular formula is C13H17N3O5. The molecule has 8 nitrogen and oxygen atoms in total. The third-order valence-corrected chi connectivity index (χ3v) is 3.47. The molecule has 0 radical (unpaired) electrons. The summed E-state index contributed by atoms with van der Waals surface area (Å²) in [7, 11) is 0. The molecule has 0 bridgehead atoms. The van der Waals surface area contributed by atoms with E-state index in [9.17, 15) is 20.2 Å². The third kappa shape index (κ3) is 3.66. The maximum Gasteiger partial charge on any atom is 0.299 e. The molecule has 8 heteroatoms. The number of aliphatic hydroxyl groups excluding tert-OH is 1. The molecule has 1 aliphatic carbocycles. The fourth-order valence-corrected chi connectivity index (χ4v) is 2.29. The minimum atomic E-state index is -0.635. The van der Waals surface area contributed by atoms with Crippen LogP contribution in [-0.4, -0.2) is 34.1 Å². The summed E-state index contributed by atoms with van der Waals surface area (Å²) in [4.78, 5) is 22.7. The number of hydrogen-bond acceptors (Lipinski definition) is 6. The molecule has 1 fully saturated rings. The highest BCUT2D eigenvalue weighted by Gasteiger charge is 2.33. The molecule has 0 saturated heterocycles. The summed E-state index contributed by atoms with van der Waals surface area (Å²) in [5.41, 5.74) is -0.0947. The van der Waals surface area contributed by atoms with Crippen molar-refractivity contribution in [2.75, 3.05) is 18.1 Å². The maximum absolute atomic E-state index is 11.2. The van der Waals surface area contributed by atoms with Crippen LogP contribution in [-0.2, 0) is 0 Å². The van der Waals surface area contributed by atoms with Gasteiger partial charge < -0.3 is 10.0 Å². The van der Waals surface area contributed by atoms with Crippen molar-refractivity contribution in [1.82, 2.24) is 0 Å². The Bertz CT molecular complexity index is 545. The van der Waals surface area contributed by atoms with Crippen molar-refractivity contribution in [2.45, 2.75) is 31.7 Å². The molecule has 0 heterocycles. The highest BCUT2D eigenvalue weighted by Crippen LogP contribution is 2.38. The SMILES string of the molecule is O=[N+]([O-])c1ccc(N(CCCCO)C2CC2)c([N+](=O)[O-])c1. The molecule has 1 aliphatic rings. The van der Waals surface area contributed by atoms with E-state index in [1.54, 1.807) is 0 Å². The van der Waals surface area contributed by atoms with Crippen molar-refractivity contribution in [2.24, 2.45) is 0 Å². The van der Waals surface area contributed by atoms with Gasteiger partial charge >= 0.3 is 0 Å². The Labute approximate surface area is 121 Å². The van der Waals surface area contributed by atoms with E-state index in [0.717, 1.165) is 25.3 Å². The lowest BCUT2D eigenvalue weighted by molar-refractivity contribution is -0.393. The molecule has 0 unspecified atom stereocenters. The number of anilines is 1. The number of nitro benzene ring substituents is 2. The first-order valence-electron chi connectivity index (χ1n) is 6.85. The van der Waals surface area contributed by atoms with E-state index in [-0.39, 0.29) is 24.0 Å². The maximum atomic E-state index is 11.2. The molecule has 0 amide bonds. The molecule has 1 aromatic rings. The van der Waals surface area contributed by atoms with E-state index >= 15 is 0 Å². The lowest BCUT2D eigenvalue weighted by Gasteiger charge is -2.24. The van der Waals surface area contributed by atoms with Gasteiger partial charge in [-0.3, -0.25) is 20.2 Å². The number of non-ortho nitro benzene ring substituents is 1. The zero-order valence-corrected chi connectivity index (χ0v) is 11.5. The summed E-state index contributed by atoms with van der Waals surface area (Å²) in [6, 6.07) is 4.01. The predicted octanol–water partition coefficient (Wildman–Crippen LogP) is 2.24. The Balaban J connectivity index is 2.30. The zero-order chi connectivity index (χ0) is 15.4. The van der Waals surface area contributed by atoms with E-state index in [4.69, 9.17) is 5.11 Å². The topological polar surface area (TPSA) is 110 Å². The molecule has 0 aliphatic heterocycles. The van der Waals surface area contributed by atoms with Crippen LogP contribution in [0.25, 0.3) is 0 Å². The number of rotatable bonds is 8. The normalized spacial score (nSPS) is 14.0. The first-order valence-corrected chi connectivity index (χ1v) is 6.85. The van der Waals surface area contributed by atoms with Crippen LogP contribution < -0.4 is 4.90 Å². The Hall–Kier alpha value is -2.22. The lowest BCUT2D eigenvalue weighted by Crippen LogP contribution is -2.27. The highest BCUT2D eigenvalue weighted by molar-refractivity contribution is 5.67. The minimum absolute atomic E-state index is 0.0842. The number of nitrogens with zero attached hydrogens (tertiary/aromatic N) is 3. The predicted molar refractivity (Wildman–Crippen MR) is 76.4 cm³/mol. The Morgan fingerprint density at radius 1 is 1.19 bits per heavy atom. The van der Waals surface area contributed by atoms with E-state index in [2.05, 4.69) is 0 Å². The number of hydrogen-bond donors (Lipinski definition) is 1. The zero-order valence-electron chi connectivity index (χ0n) is 11.5. The average molecular weight is 295 g/mol. The van der Waals surface area contributed by atoms with Crippen LogP contribution in [0.4, 0.5) is 17.1 Å². The smallest absolute Gasteiger partial charge is 0.299 e. The summed E-state index contributed by atoms with van der Waals surface area (Å²) >= 11 is 0. The standard InChI is InChI=1S/C13H17N3O5/c17-8-2-1-7-14(10-3-4-10)12-6-5-11(15(18)19)9-13(12)16(20)21/h5-6,9-10,17H,1-4,7-8H2. The molecule has 0 spiro atoms. The van der Waals surface area contributed by atoms with E-state index in [1.165, 1.54) is 12.1 Å². The Morgan fingerprint density at radius 3 is 2.43 bits per heavy atom. The van der Waals surface area contributed by atoms with Gasteiger partial charge in [-0.25, -0.2) is 0 Å². The van der Waals surface area contributed by atoms with E-state index in [1.807, 2.05) is 4.90 Å². The third-order valence-electron chi connectivity index (χ3n) is 3.47. The summed E-state index contributed by atoms with van der Waals surface area (Å²) in [6.45, 7) is 0.685. The van der Waals surface area contributed by atoms with Gasteiger partial charge in [0.05, 0.1) is 15.9 Å². The summed E-state index contributed by atoms with van der Waals surface area (Å²) in [6.07, 6.45) is 3.28. The molecule has 1 aromatic carbocycles. The summed E-state index contributed by atoms with van der Waals surface area (Å²) < 4.78 is 0. The van der Waals surface area contributed by atoms with Gasteiger partial charge in [0.25, 0.3) is 11.4 Å². The number of nitro groups is 2. The van der Waals surface area contributed by atoms with Crippen molar-refractivity contribution >= 4 is 17.1 Å². The minimum Gasteiger partial charge on any atom is -0.396 e. The molecular weight excluding hydrogens is 278 g/mol. The van der Waals surface area contributed by atoms with Gasteiger partial charge in [-0.2, -0.15) is 0 Å². The summed E-state index contributed by atoms with van der Waals surface area (Å²) in [5.74, 6) is 0. The number of benzene rings is 1. The van der Waals surface area contributed by atoms with Crippen LogP contribution in [0, 0.1) is 20.2 Å². The number of unbranched alkanes of at least 4 members (excludes halogenated alkanes) is 1. The second-order valence-electron chi connectivity index (χ2n) is 5.04. The second-order valence-corrected chi connectivity index (χ2v) is 5.04. The Kier molecular flexibility index (Phi) is 4.69. The van der Waals surface area contributed by atoms with Crippen LogP contribution in [0.15, 0.2) is 18.2 Å². The summed E-state index contributed by atoms with van der Waals surface area (Å²) in [5, 5.41) is 30.8. The lowest BCUT2D eigenvalue weighted by atomic mass is 10.2. The molecule has 0 aromatic heterocycles. The van der Waals surface area contributed by atoms with Crippen LogP contribution in [0.5, 0.6) is 0 Å². The van der Waals surface area contributed by atoms with E-state index < -0.39 is 9.85 Å².